The van der Waals surface area contributed by atoms with E-state index in [0.717, 1.165) is 87.1 Å². The summed E-state index contributed by atoms with van der Waals surface area (Å²) >= 11 is 0. The zero-order chi connectivity index (χ0) is 34.2. The molecule has 0 bridgehead atoms. The summed E-state index contributed by atoms with van der Waals surface area (Å²) in [6, 6.07) is 14.6. The predicted octanol–water partition coefficient (Wildman–Crippen LogP) is 7.20. The van der Waals surface area contributed by atoms with E-state index in [1.54, 1.807) is 14.7 Å². The number of unbranched alkanes of at least 4 members (excludes halogenated alkanes) is 4. The van der Waals surface area contributed by atoms with Crippen LogP contribution in [0.25, 0.3) is 0 Å². The summed E-state index contributed by atoms with van der Waals surface area (Å²) in [7, 11) is 0. The molecule has 0 aromatic heterocycles. The summed E-state index contributed by atoms with van der Waals surface area (Å²) in [6.45, 7) is 18.2. The van der Waals surface area contributed by atoms with Gasteiger partial charge in [0.1, 0.15) is 6.04 Å². The number of nitrogens with one attached hydrogen (secondary N) is 1. The van der Waals surface area contributed by atoms with E-state index >= 15 is 0 Å². The fourth-order valence-electron chi connectivity index (χ4n) is 6.35. The molecule has 0 aliphatic carbocycles. The standard InChI is InChI=1S/C38H60N6O3/c1-7-11-16-23-41(24-17-12-8-2)37(46)42-25-26-43(35(30-42)36(45)39-21-18-22-40(9-3)10-4)38(47)44(33-19-14-13-15-20-33)34-28-31(5)27-32(6)29-34/h13-15,19-20,27-29,35H,7-12,16-18,21-26,30H2,1-6H3,(H,39,45). The van der Waals surface area contributed by atoms with Crippen molar-refractivity contribution in [3.8, 4) is 0 Å². The van der Waals surface area contributed by atoms with E-state index < -0.39 is 6.04 Å². The molecule has 1 saturated heterocycles. The number of urea groups is 2. The molecular formula is C38H60N6O3. The molecule has 0 saturated carbocycles. The molecule has 1 aliphatic rings. The van der Waals surface area contributed by atoms with Crippen molar-refractivity contribution in [1.82, 2.24) is 24.9 Å². The predicted molar refractivity (Wildman–Crippen MR) is 193 cm³/mol. The Balaban J connectivity index is 1.91. The van der Waals surface area contributed by atoms with Crippen molar-refractivity contribution in [3.63, 3.8) is 0 Å². The van der Waals surface area contributed by atoms with Gasteiger partial charge in [-0.05, 0) is 88.1 Å². The number of carbonyl (C=O) groups is 3. The lowest BCUT2D eigenvalue weighted by molar-refractivity contribution is -0.127. The smallest absolute Gasteiger partial charge is 0.329 e. The highest BCUT2D eigenvalue weighted by atomic mass is 16.2. The van der Waals surface area contributed by atoms with Gasteiger partial charge in [0, 0.05) is 32.7 Å². The molecule has 260 valence electrons. The number of hydrogen-bond donors (Lipinski definition) is 1. The molecule has 1 unspecified atom stereocenters. The van der Waals surface area contributed by atoms with Crippen LogP contribution in [0.5, 0.6) is 0 Å². The van der Waals surface area contributed by atoms with E-state index in [0.29, 0.717) is 26.2 Å². The van der Waals surface area contributed by atoms with Crippen molar-refractivity contribution in [3.05, 3.63) is 59.7 Å². The first-order valence-electron chi connectivity index (χ1n) is 18.0. The summed E-state index contributed by atoms with van der Waals surface area (Å²) in [6.07, 6.45) is 7.08. The lowest BCUT2D eigenvalue weighted by atomic mass is 10.1. The van der Waals surface area contributed by atoms with Crippen LogP contribution < -0.4 is 10.2 Å². The van der Waals surface area contributed by atoms with E-state index in [2.05, 4.69) is 44.0 Å². The summed E-state index contributed by atoms with van der Waals surface area (Å²) in [5.74, 6) is -0.215. The maximum atomic E-state index is 14.6. The Labute approximate surface area is 284 Å². The van der Waals surface area contributed by atoms with Crippen LogP contribution in [-0.2, 0) is 4.79 Å². The molecule has 2 aromatic carbocycles. The first kappa shape index (κ1) is 37.9. The van der Waals surface area contributed by atoms with E-state index in [9.17, 15) is 14.4 Å². The van der Waals surface area contributed by atoms with Crippen LogP contribution in [0.15, 0.2) is 48.5 Å². The lowest BCUT2D eigenvalue weighted by Crippen LogP contribution is -2.64. The van der Waals surface area contributed by atoms with Crippen molar-refractivity contribution in [1.29, 1.82) is 0 Å². The van der Waals surface area contributed by atoms with E-state index in [4.69, 9.17) is 0 Å². The van der Waals surface area contributed by atoms with Crippen molar-refractivity contribution < 1.29 is 14.4 Å². The third kappa shape index (κ3) is 11.3. The Kier molecular flexibility index (Phi) is 16.1. The number of aryl methyl sites for hydroxylation is 2. The molecule has 0 spiro atoms. The second-order valence-electron chi connectivity index (χ2n) is 12.8. The number of benzene rings is 2. The molecule has 9 heteroatoms. The maximum Gasteiger partial charge on any atom is 0.329 e. The molecule has 1 N–H and O–H groups in total. The van der Waals surface area contributed by atoms with Crippen molar-refractivity contribution >= 4 is 29.3 Å². The summed E-state index contributed by atoms with van der Waals surface area (Å²) in [5, 5.41) is 3.12. The summed E-state index contributed by atoms with van der Waals surface area (Å²) < 4.78 is 0. The normalized spacial score (nSPS) is 14.7. The van der Waals surface area contributed by atoms with Gasteiger partial charge < -0.3 is 24.9 Å². The Morgan fingerprint density at radius 2 is 1.36 bits per heavy atom. The zero-order valence-electron chi connectivity index (χ0n) is 30.0. The van der Waals surface area contributed by atoms with Crippen molar-refractivity contribution in [2.24, 2.45) is 0 Å². The monoisotopic (exact) mass is 648 g/mol. The number of anilines is 2. The topological polar surface area (TPSA) is 79.4 Å². The van der Waals surface area contributed by atoms with Gasteiger partial charge in [-0.25, -0.2) is 9.59 Å². The number of para-hydroxylation sites is 1. The quantitative estimate of drug-likeness (QED) is 0.184. The van der Waals surface area contributed by atoms with Gasteiger partial charge in [-0.1, -0.05) is 77.6 Å². The van der Waals surface area contributed by atoms with Gasteiger partial charge in [-0.2, -0.15) is 0 Å². The number of carbonyl (C=O) groups excluding carboxylic acids is 3. The molecule has 9 nitrogen and oxygen atoms in total. The highest BCUT2D eigenvalue weighted by molar-refractivity contribution is 6.02. The minimum Gasteiger partial charge on any atom is -0.354 e. The highest BCUT2D eigenvalue weighted by Crippen LogP contribution is 2.30. The van der Waals surface area contributed by atoms with E-state index in [1.165, 1.54) is 0 Å². The molecule has 5 amide bonds. The van der Waals surface area contributed by atoms with Crippen LogP contribution in [0.1, 0.15) is 83.8 Å². The SMILES string of the molecule is CCCCCN(CCCCC)C(=O)N1CCN(C(=O)N(c2ccccc2)c2cc(C)cc(C)c2)C(C(=O)NCCCN(CC)CC)C1. The number of nitrogens with zero attached hydrogens (tertiary/aromatic N) is 5. The van der Waals surface area contributed by atoms with Gasteiger partial charge in [0.2, 0.25) is 5.91 Å². The molecule has 1 atom stereocenters. The molecule has 47 heavy (non-hydrogen) atoms. The minimum absolute atomic E-state index is 0.0298. The zero-order valence-corrected chi connectivity index (χ0v) is 30.0. The van der Waals surface area contributed by atoms with Crippen LogP contribution in [0, 0.1) is 13.8 Å². The average Bonchev–Trinajstić information content (AvgIpc) is 3.07. The van der Waals surface area contributed by atoms with E-state index in [1.807, 2.05) is 61.2 Å². The van der Waals surface area contributed by atoms with Crippen molar-refractivity contribution in [2.45, 2.75) is 92.5 Å². The highest BCUT2D eigenvalue weighted by Gasteiger charge is 2.40. The number of amides is 5. The van der Waals surface area contributed by atoms with Gasteiger partial charge in [0.25, 0.3) is 0 Å². The van der Waals surface area contributed by atoms with Gasteiger partial charge in [-0.3, -0.25) is 9.69 Å². The van der Waals surface area contributed by atoms with Gasteiger partial charge in [0.05, 0.1) is 17.9 Å². The van der Waals surface area contributed by atoms with Gasteiger partial charge >= 0.3 is 12.1 Å². The first-order valence-corrected chi connectivity index (χ1v) is 18.0. The van der Waals surface area contributed by atoms with Crippen LogP contribution in [0.2, 0.25) is 0 Å². The number of piperazine rings is 1. The van der Waals surface area contributed by atoms with Crippen LogP contribution in [0.4, 0.5) is 21.0 Å². The minimum atomic E-state index is -0.807. The van der Waals surface area contributed by atoms with E-state index in [-0.39, 0.29) is 31.1 Å². The van der Waals surface area contributed by atoms with Crippen LogP contribution in [0.3, 0.4) is 0 Å². The molecule has 1 fully saturated rings. The first-order chi connectivity index (χ1) is 22.7. The van der Waals surface area contributed by atoms with Crippen LogP contribution in [-0.4, -0.2) is 103 Å². The Bertz CT molecular complexity index is 1220. The Morgan fingerprint density at radius 3 is 1.94 bits per heavy atom. The fourth-order valence-corrected chi connectivity index (χ4v) is 6.35. The molecule has 1 heterocycles. The third-order valence-corrected chi connectivity index (χ3v) is 9.05. The summed E-state index contributed by atoms with van der Waals surface area (Å²) in [4.78, 5) is 52.1. The second kappa shape index (κ2) is 19.9. The van der Waals surface area contributed by atoms with Crippen molar-refractivity contribution in [2.75, 3.05) is 63.8 Å². The Morgan fingerprint density at radius 1 is 0.745 bits per heavy atom. The number of rotatable bonds is 17. The summed E-state index contributed by atoms with van der Waals surface area (Å²) in [5.41, 5.74) is 3.60. The molecular weight excluding hydrogens is 588 g/mol. The fraction of sp³-hybridized carbons (Fsp3) is 0.605. The lowest BCUT2D eigenvalue weighted by Gasteiger charge is -2.43. The Hall–Kier alpha value is -3.59. The number of hydrogen-bond acceptors (Lipinski definition) is 4. The second-order valence-corrected chi connectivity index (χ2v) is 12.8. The third-order valence-electron chi connectivity index (χ3n) is 9.05. The average molecular weight is 649 g/mol. The molecule has 3 rings (SSSR count). The van der Waals surface area contributed by atoms with Gasteiger partial charge in [0.15, 0.2) is 0 Å². The van der Waals surface area contributed by atoms with Crippen LogP contribution >= 0.6 is 0 Å². The maximum absolute atomic E-state index is 14.6. The largest absolute Gasteiger partial charge is 0.354 e. The molecule has 2 aromatic rings. The molecule has 1 aliphatic heterocycles. The molecule has 0 radical (unpaired) electrons. The van der Waals surface area contributed by atoms with Gasteiger partial charge in [-0.15, -0.1) is 0 Å².